The Morgan fingerprint density at radius 3 is 2.91 bits per heavy atom. The lowest BCUT2D eigenvalue weighted by Crippen LogP contribution is -2.46. The Balaban J connectivity index is 2.14. The Labute approximate surface area is 135 Å². The van der Waals surface area contributed by atoms with Gasteiger partial charge in [0.2, 0.25) is 0 Å². The standard InChI is InChI=1S/C17H21N3O3/c1-4-13-10-19(9-12(3)23-13)16-8-11(2)18-17-14(16)6-5-7-15(17)20(21)22/h5-8,12-13H,4,9-10H2,1-3H3. The first kappa shape index (κ1) is 15.7. The highest BCUT2D eigenvalue weighted by molar-refractivity contribution is 5.97. The summed E-state index contributed by atoms with van der Waals surface area (Å²) in [4.78, 5) is 17.6. The SMILES string of the molecule is CCC1CN(c2cc(C)nc3c([N+](=O)[O-])cccc23)CC(C)O1. The zero-order chi connectivity index (χ0) is 16.6. The average Bonchev–Trinajstić information content (AvgIpc) is 2.52. The van der Waals surface area contributed by atoms with Crippen molar-refractivity contribution in [2.24, 2.45) is 0 Å². The second-order valence-electron chi connectivity index (χ2n) is 6.10. The van der Waals surface area contributed by atoms with Crippen LogP contribution in [0.25, 0.3) is 10.9 Å². The molecule has 0 spiro atoms. The van der Waals surface area contributed by atoms with E-state index in [1.807, 2.05) is 19.1 Å². The molecule has 0 saturated carbocycles. The number of para-hydroxylation sites is 1. The van der Waals surface area contributed by atoms with Gasteiger partial charge in [0.15, 0.2) is 5.52 Å². The van der Waals surface area contributed by atoms with Gasteiger partial charge < -0.3 is 9.64 Å². The van der Waals surface area contributed by atoms with Crippen molar-refractivity contribution in [3.05, 3.63) is 40.1 Å². The number of morpholine rings is 1. The van der Waals surface area contributed by atoms with E-state index >= 15 is 0 Å². The van der Waals surface area contributed by atoms with Crippen LogP contribution in [-0.4, -0.2) is 35.2 Å². The topological polar surface area (TPSA) is 68.5 Å². The van der Waals surface area contributed by atoms with Gasteiger partial charge in [-0.1, -0.05) is 19.1 Å². The molecular formula is C17H21N3O3. The monoisotopic (exact) mass is 315 g/mol. The normalized spacial score (nSPS) is 21.6. The fourth-order valence-corrected chi connectivity index (χ4v) is 3.22. The molecule has 2 atom stereocenters. The number of nitro benzene ring substituents is 1. The average molecular weight is 315 g/mol. The number of fused-ring (bicyclic) bond motifs is 1. The largest absolute Gasteiger partial charge is 0.372 e. The second kappa shape index (κ2) is 6.12. The van der Waals surface area contributed by atoms with Crippen LogP contribution in [0, 0.1) is 17.0 Å². The number of hydrogen-bond donors (Lipinski definition) is 0. The van der Waals surface area contributed by atoms with Gasteiger partial charge in [-0.25, -0.2) is 4.98 Å². The van der Waals surface area contributed by atoms with Crippen molar-refractivity contribution < 1.29 is 9.66 Å². The van der Waals surface area contributed by atoms with Crippen LogP contribution in [0.3, 0.4) is 0 Å². The van der Waals surface area contributed by atoms with Gasteiger partial charge in [0.25, 0.3) is 5.69 Å². The lowest BCUT2D eigenvalue weighted by atomic mass is 10.1. The number of benzene rings is 1. The number of non-ortho nitro benzene ring substituents is 1. The highest BCUT2D eigenvalue weighted by Crippen LogP contribution is 2.33. The molecule has 0 amide bonds. The first-order valence-electron chi connectivity index (χ1n) is 7.94. The van der Waals surface area contributed by atoms with Crippen molar-refractivity contribution >= 4 is 22.3 Å². The molecule has 1 aromatic carbocycles. The molecule has 0 bridgehead atoms. The Morgan fingerprint density at radius 1 is 1.43 bits per heavy atom. The third kappa shape index (κ3) is 2.99. The van der Waals surface area contributed by atoms with E-state index in [9.17, 15) is 10.1 Å². The molecule has 1 aromatic heterocycles. The van der Waals surface area contributed by atoms with Crippen molar-refractivity contribution in [1.82, 2.24) is 4.98 Å². The van der Waals surface area contributed by atoms with Crippen LogP contribution in [0.5, 0.6) is 0 Å². The maximum atomic E-state index is 11.3. The van der Waals surface area contributed by atoms with E-state index in [1.54, 1.807) is 6.07 Å². The molecule has 2 unspecified atom stereocenters. The Hall–Kier alpha value is -2.21. The van der Waals surface area contributed by atoms with Gasteiger partial charge in [-0.3, -0.25) is 10.1 Å². The number of anilines is 1. The minimum Gasteiger partial charge on any atom is -0.372 e. The van der Waals surface area contributed by atoms with E-state index in [0.717, 1.165) is 36.3 Å². The highest BCUT2D eigenvalue weighted by Gasteiger charge is 2.26. The maximum absolute atomic E-state index is 11.3. The number of ether oxygens (including phenoxy) is 1. The van der Waals surface area contributed by atoms with E-state index in [-0.39, 0.29) is 22.8 Å². The number of aryl methyl sites for hydroxylation is 1. The van der Waals surface area contributed by atoms with E-state index in [0.29, 0.717) is 5.52 Å². The molecule has 1 saturated heterocycles. The van der Waals surface area contributed by atoms with Crippen LogP contribution in [0.15, 0.2) is 24.3 Å². The molecule has 0 N–H and O–H groups in total. The third-order valence-electron chi connectivity index (χ3n) is 4.24. The lowest BCUT2D eigenvalue weighted by Gasteiger charge is -2.38. The number of pyridine rings is 1. The predicted octanol–water partition coefficient (Wildman–Crippen LogP) is 3.46. The fourth-order valence-electron chi connectivity index (χ4n) is 3.22. The van der Waals surface area contributed by atoms with Crippen LogP contribution in [0.4, 0.5) is 11.4 Å². The zero-order valence-corrected chi connectivity index (χ0v) is 13.7. The lowest BCUT2D eigenvalue weighted by molar-refractivity contribution is -0.383. The molecule has 1 aliphatic heterocycles. The van der Waals surface area contributed by atoms with Crippen LogP contribution in [-0.2, 0) is 4.74 Å². The van der Waals surface area contributed by atoms with Crippen molar-refractivity contribution in [3.8, 4) is 0 Å². The summed E-state index contributed by atoms with van der Waals surface area (Å²) < 4.78 is 5.93. The van der Waals surface area contributed by atoms with E-state index < -0.39 is 0 Å². The minimum atomic E-state index is -0.366. The minimum absolute atomic E-state index is 0.0563. The molecule has 1 aliphatic rings. The fraction of sp³-hybridized carbons (Fsp3) is 0.471. The van der Waals surface area contributed by atoms with Gasteiger partial charge in [0.05, 0.1) is 17.1 Å². The van der Waals surface area contributed by atoms with Crippen LogP contribution >= 0.6 is 0 Å². The van der Waals surface area contributed by atoms with Crippen molar-refractivity contribution in [2.45, 2.75) is 39.4 Å². The molecule has 122 valence electrons. The molecule has 0 aliphatic carbocycles. The Morgan fingerprint density at radius 2 is 2.22 bits per heavy atom. The number of nitro groups is 1. The van der Waals surface area contributed by atoms with Gasteiger partial charge in [0.1, 0.15) is 0 Å². The van der Waals surface area contributed by atoms with Crippen LogP contribution < -0.4 is 4.90 Å². The summed E-state index contributed by atoms with van der Waals surface area (Å²) in [6.07, 6.45) is 1.26. The van der Waals surface area contributed by atoms with Crippen LogP contribution in [0.2, 0.25) is 0 Å². The van der Waals surface area contributed by atoms with Crippen molar-refractivity contribution in [2.75, 3.05) is 18.0 Å². The summed E-state index contributed by atoms with van der Waals surface area (Å²) in [5, 5.41) is 12.1. The Kier molecular flexibility index (Phi) is 4.17. The molecule has 2 aromatic rings. The van der Waals surface area contributed by atoms with E-state index in [1.165, 1.54) is 6.07 Å². The number of hydrogen-bond acceptors (Lipinski definition) is 5. The molecule has 1 fully saturated rings. The van der Waals surface area contributed by atoms with Crippen LogP contribution in [0.1, 0.15) is 26.0 Å². The summed E-state index contributed by atoms with van der Waals surface area (Å²) in [5.74, 6) is 0. The number of aromatic nitrogens is 1. The van der Waals surface area contributed by atoms with Crippen molar-refractivity contribution in [3.63, 3.8) is 0 Å². The van der Waals surface area contributed by atoms with E-state index in [4.69, 9.17) is 4.74 Å². The summed E-state index contributed by atoms with van der Waals surface area (Å²) in [6.45, 7) is 7.62. The number of rotatable bonds is 3. The molecule has 2 heterocycles. The Bertz CT molecular complexity index is 747. The molecule has 3 rings (SSSR count). The first-order valence-corrected chi connectivity index (χ1v) is 7.94. The quantitative estimate of drug-likeness (QED) is 0.641. The van der Waals surface area contributed by atoms with Gasteiger partial charge in [0, 0.05) is 35.9 Å². The first-order chi connectivity index (χ1) is 11.0. The number of nitrogens with zero attached hydrogens (tertiary/aromatic N) is 3. The van der Waals surface area contributed by atoms with Gasteiger partial charge >= 0.3 is 0 Å². The predicted molar refractivity (Wildman–Crippen MR) is 90.0 cm³/mol. The smallest absolute Gasteiger partial charge is 0.295 e. The van der Waals surface area contributed by atoms with Gasteiger partial charge in [-0.05, 0) is 26.3 Å². The molecule has 0 radical (unpaired) electrons. The second-order valence-corrected chi connectivity index (χ2v) is 6.10. The molecule has 6 nitrogen and oxygen atoms in total. The van der Waals surface area contributed by atoms with E-state index in [2.05, 4.69) is 23.7 Å². The van der Waals surface area contributed by atoms with Gasteiger partial charge in [-0.2, -0.15) is 0 Å². The summed E-state index contributed by atoms with van der Waals surface area (Å²) in [5.41, 5.74) is 2.30. The molecule has 23 heavy (non-hydrogen) atoms. The summed E-state index contributed by atoms with van der Waals surface area (Å²) in [6, 6.07) is 7.15. The molecular weight excluding hydrogens is 294 g/mol. The van der Waals surface area contributed by atoms with Crippen molar-refractivity contribution in [1.29, 1.82) is 0 Å². The van der Waals surface area contributed by atoms with Gasteiger partial charge in [-0.15, -0.1) is 0 Å². The third-order valence-corrected chi connectivity index (χ3v) is 4.24. The maximum Gasteiger partial charge on any atom is 0.295 e. The highest BCUT2D eigenvalue weighted by atomic mass is 16.6. The summed E-state index contributed by atoms with van der Waals surface area (Å²) >= 11 is 0. The zero-order valence-electron chi connectivity index (χ0n) is 13.7. The molecule has 6 heteroatoms. The summed E-state index contributed by atoms with van der Waals surface area (Å²) in [7, 11) is 0.